The Morgan fingerprint density at radius 1 is 1.13 bits per heavy atom. The van der Waals surface area contributed by atoms with Crippen LogP contribution in [0.4, 0.5) is 30.8 Å². The lowest BCUT2D eigenvalue weighted by Crippen LogP contribution is -2.54. The molecule has 13 heteroatoms. The monoisotopic (exact) mass is 549 g/mol. The lowest BCUT2D eigenvalue weighted by Gasteiger charge is -2.39. The summed E-state index contributed by atoms with van der Waals surface area (Å²) in [6, 6.07) is 0.926. The average molecular weight is 550 g/mol. The second-order valence-electron chi connectivity index (χ2n) is 10.0. The van der Waals surface area contributed by atoms with E-state index in [1.54, 1.807) is 9.47 Å². The molecule has 1 saturated heterocycles. The molecule has 212 valence electrons. The normalized spacial score (nSPS) is 21.6. The molecule has 39 heavy (non-hydrogen) atoms. The van der Waals surface area contributed by atoms with Crippen LogP contribution >= 0.6 is 0 Å². The number of imidazole rings is 1. The first-order valence-corrected chi connectivity index (χ1v) is 12.7. The zero-order chi connectivity index (χ0) is 27.0. The number of hydrogen-bond donors (Lipinski definition) is 3. The predicted octanol–water partition coefficient (Wildman–Crippen LogP) is 4.15. The number of carbonyl (C=O) groups excluding carboxylic acids is 1. The lowest BCUT2D eigenvalue weighted by atomic mass is 9.81. The van der Waals surface area contributed by atoms with E-state index in [9.17, 15) is 23.1 Å². The Kier molecular flexibility index (Phi) is 8.31. The van der Waals surface area contributed by atoms with Crippen molar-refractivity contribution in [1.82, 2.24) is 24.4 Å². The van der Waals surface area contributed by atoms with Crippen LogP contribution in [0.25, 0.3) is 11.2 Å². The zero-order valence-electron chi connectivity index (χ0n) is 21.2. The van der Waals surface area contributed by atoms with Crippen LogP contribution in [0.1, 0.15) is 53.0 Å². The summed E-state index contributed by atoms with van der Waals surface area (Å²) in [5.74, 6) is -3.11. The van der Waals surface area contributed by atoms with Gasteiger partial charge in [-0.15, -0.1) is 0 Å². The third-order valence-corrected chi connectivity index (χ3v) is 6.94. The number of amides is 1. The standard InChI is InChI=1S/C25H30F3N7O3.CH4/c1-14(2)30-23-29-13-19-21(33-23)35(24(31-19)32-20-17(27)11-15(26)12-18(20)28)16-3-5-25(37,6-4-16)22(36)34-7-9-38-10-8-34;/h11-14,16,37H,3-10H2,1-2H3,(H,31,32)(H,29,30,33);1H4. The maximum atomic E-state index is 14.5. The summed E-state index contributed by atoms with van der Waals surface area (Å²) in [6.45, 7) is 5.61. The van der Waals surface area contributed by atoms with Crippen LogP contribution in [0.2, 0.25) is 0 Å². The number of hydrogen-bond acceptors (Lipinski definition) is 8. The largest absolute Gasteiger partial charge is 0.380 e. The maximum Gasteiger partial charge on any atom is 0.254 e. The number of nitrogens with zero attached hydrogens (tertiary/aromatic N) is 5. The topological polar surface area (TPSA) is 117 Å². The summed E-state index contributed by atoms with van der Waals surface area (Å²) in [7, 11) is 0. The van der Waals surface area contributed by atoms with E-state index in [-0.39, 0.29) is 44.2 Å². The molecular weight excluding hydrogens is 515 g/mol. The van der Waals surface area contributed by atoms with Crippen molar-refractivity contribution in [3.8, 4) is 0 Å². The lowest BCUT2D eigenvalue weighted by molar-refractivity contribution is -0.159. The number of fused-ring (bicyclic) bond motifs is 1. The molecule has 0 atom stereocenters. The molecule has 1 aliphatic heterocycles. The van der Waals surface area contributed by atoms with Crippen LogP contribution in [0, 0.1) is 17.5 Å². The van der Waals surface area contributed by atoms with Crippen molar-refractivity contribution in [2.75, 3.05) is 36.9 Å². The average Bonchev–Trinajstić information content (AvgIpc) is 3.23. The van der Waals surface area contributed by atoms with Gasteiger partial charge in [-0.25, -0.2) is 23.1 Å². The van der Waals surface area contributed by atoms with Crippen molar-refractivity contribution in [1.29, 1.82) is 0 Å². The van der Waals surface area contributed by atoms with Crippen LogP contribution in [0.15, 0.2) is 18.3 Å². The highest BCUT2D eigenvalue weighted by Gasteiger charge is 2.43. The molecule has 3 heterocycles. The number of aromatic nitrogens is 4. The van der Waals surface area contributed by atoms with E-state index in [4.69, 9.17) is 4.74 Å². The van der Waals surface area contributed by atoms with Crippen LogP contribution in [-0.2, 0) is 9.53 Å². The Morgan fingerprint density at radius 3 is 2.38 bits per heavy atom. The summed E-state index contributed by atoms with van der Waals surface area (Å²) in [5, 5.41) is 17.0. The Hall–Kier alpha value is -3.45. The molecule has 10 nitrogen and oxygen atoms in total. The highest BCUT2D eigenvalue weighted by Crippen LogP contribution is 2.40. The van der Waals surface area contributed by atoms with Crippen molar-refractivity contribution in [2.45, 2.75) is 64.6 Å². The molecule has 2 fully saturated rings. The van der Waals surface area contributed by atoms with E-state index in [0.29, 0.717) is 68.4 Å². The number of ether oxygens (including phenoxy) is 1. The van der Waals surface area contributed by atoms with Gasteiger partial charge in [0.1, 0.15) is 22.6 Å². The fraction of sp³-hybridized carbons (Fsp3) is 0.538. The van der Waals surface area contributed by atoms with Crippen molar-refractivity contribution < 1.29 is 27.8 Å². The first kappa shape index (κ1) is 28.6. The highest BCUT2D eigenvalue weighted by molar-refractivity contribution is 5.85. The van der Waals surface area contributed by atoms with E-state index < -0.39 is 28.7 Å². The van der Waals surface area contributed by atoms with Gasteiger partial charge >= 0.3 is 0 Å². The molecule has 1 amide bonds. The smallest absolute Gasteiger partial charge is 0.254 e. The maximum absolute atomic E-state index is 14.5. The minimum absolute atomic E-state index is 0. The zero-order valence-corrected chi connectivity index (χ0v) is 21.2. The summed E-state index contributed by atoms with van der Waals surface area (Å²) >= 11 is 0. The van der Waals surface area contributed by atoms with E-state index >= 15 is 0 Å². The van der Waals surface area contributed by atoms with Gasteiger partial charge in [0.15, 0.2) is 17.3 Å². The SMILES string of the molecule is C.CC(C)Nc1ncc2nc(Nc3c(F)cc(F)cc3F)n(C3CCC(O)(C(=O)N4CCOCC4)CC3)c2n1. The van der Waals surface area contributed by atoms with E-state index in [1.165, 1.54) is 6.20 Å². The van der Waals surface area contributed by atoms with E-state index in [2.05, 4.69) is 25.6 Å². The van der Waals surface area contributed by atoms with E-state index in [1.807, 2.05) is 13.8 Å². The minimum Gasteiger partial charge on any atom is -0.380 e. The molecule has 1 aromatic carbocycles. The molecule has 3 N–H and O–H groups in total. The molecule has 0 spiro atoms. The van der Waals surface area contributed by atoms with Gasteiger partial charge in [0.25, 0.3) is 5.91 Å². The van der Waals surface area contributed by atoms with Crippen LogP contribution in [0.5, 0.6) is 0 Å². The van der Waals surface area contributed by atoms with Crippen molar-refractivity contribution in [2.24, 2.45) is 0 Å². The molecule has 2 aliphatic rings. The molecular formula is C26H34F3N7O3. The van der Waals surface area contributed by atoms with E-state index in [0.717, 1.165) is 0 Å². The number of rotatable bonds is 6. The summed E-state index contributed by atoms with van der Waals surface area (Å²) < 4.78 is 49.5. The molecule has 1 aliphatic carbocycles. The Balaban J connectivity index is 0.00000353. The van der Waals surface area contributed by atoms with Gasteiger partial charge in [-0.2, -0.15) is 4.98 Å². The van der Waals surface area contributed by atoms with Crippen LogP contribution < -0.4 is 10.6 Å². The highest BCUT2D eigenvalue weighted by atomic mass is 19.1. The summed E-state index contributed by atoms with van der Waals surface area (Å²) in [6.07, 6.45) is 2.66. The van der Waals surface area contributed by atoms with Gasteiger partial charge in [-0.1, -0.05) is 7.43 Å². The van der Waals surface area contributed by atoms with Crippen LogP contribution in [0.3, 0.4) is 0 Å². The van der Waals surface area contributed by atoms with Crippen molar-refractivity contribution in [3.63, 3.8) is 0 Å². The number of carbonyl (C=O) groups is 1. The van der Waals surface area contributed by atoms with Gasteiger partial charge in [0.05, 0.1) is 19.4 Å². The minimum atomic E-state index is -1.51. The van der Waals surface area contributed by atoms with Crippen molar-refractivity contribution >= 4 is 34.7 Å². The number of morpholine rings is 1. The Bertz CT molecular complexity index is 1310. The molecule has 0 bridgehead atoms. The molecule has 3 aromatic rings. The Labute approximate surface area is 224 Å². The Morgan fingerprint density at radius 2 is 1.77 bits per heavy atom. The molecule has 0 unspecified atom stereocenters. The van der Waals surface area contributed by atoms with Gasteiger partial charge in [0.2, 0.25) is 11.9 Å². The molecule has 1 saturated carbocycles. The number of aliphatic hydroxyl groups is 1. The number of nitrogens with one attached hydrogen (secondary N) is 2. The third-order valence-electron chi connectivity index (χ3n) is 6.94. The quantitative estimate of drug-likeness (QED) is 0.420. The van der Waals surface area contributed by atoms with Gasteiger partial charge in [0, 0.05) is 37.3 Å². The van der Waals surface area contributed by atoms with Crippen LogP contribution in [-0.4, -0.2) is 73.4 Å². The molecule has 5 rings (SSSR count). The second-order valence-corrected chi connectivity index (χ2v) is 10.0. The molecule has 0 radical (unpaired) electrons. The fourth-order valence-corrected chi connectivity index (χ4v) is 5.04. The number of anilines is 3. The van der Waals surface area contributed by atoms with Gasteiger partial charge in [-0.05, 0) is 39.5 Å². The fourth-order valence-electron chi connectivity index (χ4n) is 5.04. The third kappa shape index (κ3) is 5.78. The summed E-state index contributed by atoms with van der Waals surface area (Å²) in [4.78, 5) is 28.1. The first-order valence-electron chi connectivity index (χ1n) is 12.7. The second kappa shape index (κ2) is 11.3. The summed E-state index contributed by atoms with van der Waals surface area (Å²) in [5.41, 5.74) is -1.25. The van der Waals surface area contributed by atoms with Gasteiger partial charge < -0.3 is 25.4 Å². The molecule has 2 aromatic heterocycles. The number of benzene rings is 1. The number of halogens is 3. The van der Waals surface area contributed by atoms with Gasteiger partial charge in [-0.3, -0.25) is 9.36 Å². The predicted molar refractivity (Wildman–Crippen MR) is 140 cm³/mol. The van der Waals surface area contributed by atoms with Crippen molar-refractivity contribution in [3.05, 3.63) is 35.8 Å². The first-order chi connectivity index (χ1) is 18.1.